The zero-order valence-electron chi connectivity index (χ0n) is 11.5. The van der Waals surface area contributed by atoms with E-state index in [0.717, 1.165) is 27.7 Å². The predicted octanol–water partition coefficient (Wildman–Crippen LogP) is 3.24. The highest BCUT2D eigenvalue weighted by Crippen LogP contribution is 2.27. The molecule has 0 atom stereocenters. The average molecular weight is 344 g/mol. The van der Waals surface area contributed by atoms with Gasteiger partial charge < -0.3 is 5.73 Å². The molecule has 0 aliphatic carbocycles. The highest BCUT2D eigenvalue weighted by molar-refractivity contribution is 9.10. The molecule has 0 saturated carbocycles. The summed E-state index contributed by atoms with van der Waals surface area (Å²) in [5.74, 6) is 0.644. The SMILES string of the molecule is CCc1cc(Br)ccc1-n1nnnc1-c1ccccc1N. The number of para-hydroxylation sites is 1. The maximum absolute atomic E-state index is 6.04. The van der Waals surface area contributed by atoms with Crippen LogP contribution < -0.4 is 5.73 Å². The summed E-state index contributed by atoms with van der Waals surface area (Å²) in [6.07, 6.45) is 0.887. The second kappa shape index (κ2) is 5.65. The van der Waals surface area contributed by atoms with Crippen molar-refractivity contribution in [3.63, 3.8) is 0 Å². The fourth-order valence-corrected chi connectivity index (χ4v) is 2.67. The summed E-state index contributed by atoms with van der Waals surface area (Å²) in [7, 11) is 0. The van der Waals surface area contributed by atoms with Crippen molar-refractivity contribution >= 4 is 21.6 Å². The Balaban J connectivity index is 2.18. The van der Waals surface area contributed by atoms with Crippen LogP contribution in [0.4, 0.5) is 5.69 Å². The molecule has 2 N–H and O–H groups in total. The fourth-order valence-electron chi connectivity index (χ4n) is 2.26. The van der Waals surface area contributed by atoms with Crippen molar-refractivity contribution in [2.24, 2.45) is 0 Å². The lowest BCUT2D eigenvalue weighted by Crippen LogP contribution is -2.04. The van der Waals surface area contributed by atoms with E-state index in [0.29, 0.717) is 11.5 Å². The van der Waals surface area contributed by atoms with Crippen LogP contribution in [0.25, 0.3) is 17.1 Å². The van der Waals surface area contributed by atoms with Gasteiger partial charge in [-0.3, -0.25) is 0 Å². The van der Waals surface area contributed by atoms with E-state index in [4.69, 9.17) is 5.73 Å². The lowest BCUT2D eigenvalue weighted by molar-refractivity contribution is 0.783. The third-order valence-corrected chi connectivity index (χ3v) is 3.82. The van der Waals surface area contributed by atoms with Crippen LogP contribution in [-0.4, -0.2) is 20.2 Å². The number of aryl methyl sites for hydroxylation is 1. The van der Waals surface area contributed by atoms with E-state index in [1.54, 1.807) is 4.68 Å². The molecule has 0 amide bonds. The third-order valence-electron chi connectivity index (χ3n) is 3.32. The number of anilines is 1. The molecule has 3 rings (SSSR count). The van der Waals surface area contributed by atoms with Crippen LogP contribution in [-0.2, 0) is 6.42 Å². The highest BCUT2D eigenvalue weighted by atomic mass is 79.9. The largest absolute Gasteiger partial charge is 0.398 e. The van der Waals surface area contributed by atoms with Crippen LogP contribution in [0.1, 0.15) is 12.5 Å². The van der Waals surface area contributed by atoms with Crippen LogP contribution in [0.5, 0.6) is 0 Å². The van der Waals surface area contributed by atoms with Gasteiger partial charge in [0.2, 0.25) is 0 Å². The minimum Gasteiger partial charge on any atom is -0.398 e. The zero-order valence-corrected chi connectivity index (χ0v) is 13.1. The van der Waals surface area contributed by atoms with Crippen molar-refractivity contribution in [3.05, 3.63) is 52.5 Å². The molecule has 0 spiro atoms. The van der Waals surface area contributed by atoms with Gasteiger partial charge in [-0.1, -0.05) is 35.0 Å². The van der Waals surface area contributed by atoms with Gasteiger partial charge in [0, 0.05) is 15.7 Å². The van der Waals surface area contributed by atoms with Gasteiger partial charge in [-0.15, -0.1) is 5.10 Å². The summed E-state index contributed by atoms with van der Waals surface area (Å²) in [5, 5.41) is 12.1. The maximum atomic E-state index is 6.04. The van der Waals surface area contributed by atoms with Crippen molar-refractivity contribution in [3.8, 4) is 17.1 Å². The Morgan fingerprint density at radius 3 is 2.76 bits per heavy atom. The van der Waals surface area contributed by atoms with Crippen LogP contribution in [0, 0.1) is 0 Å². The molecule has 0 fully saturated rings. The lowest BCUT2D eigenvalue weighted by atomic mass is 10.1. The minimum atomic E-state index is 0.644. The van der Waals surface area contributed by atoms with Crippen molar-refractivity contribution in [2.45, 2.75) is 13.3 Å². The van der Waals surface area contributed by atoms with Crippen LogP contribution in [0.3, 0.4) is 0 Å². The number of halogens is 1. The Kier molecular flexibility index (Phi) is 3.70. The van der Waals surface area contributed by atoms with Crippen molar-refractivity contribution in [2.75, 3.05) is 5.73 Å². The molecule has 0 bridgehead atoms. The van der Waals surface area contributed by atoms with Crippen molar-refractivity contribution in [1.82, 2.24) is 20.2 Å². The van der Waals surface area contributed by atoms with E-state index < -0.39 is 0 Å². The quantitative estimate of drug-likeness (QED) is 0.741. The summed E-state index contributed by atoms with van der Waals surface area (Å²) < 4.78 is 2.77. The van der Waals surface area contributed by atoms with Gasteiger partial charge in [-0.2, -0.15) is 4.68 Å². The standard InChI is InChI=1S/C15H14BrN5/c1-2-10-9-11(16)7-8-14(10)21-15(18-19-20-21)12-5-3-4-6-13(12)17/h3-9H,2,17H2,1H3. The predicted molar refractivity (Wildman–Crippen MR) is 86.1 cm³/mol. The van der Waals surface area contributed by atoms with Gasteiger partial charge in [-0.25, -0.2) is 0 Å². The van der Waals surface area contributed by atoms with Gasteiger partial charge >= 0.3 is 0 Å². The molecule has 5 nitrogen and oxygen atoms in total. The highest BCUT2D eigenvalue weighted by Gasteiger charge is 2.15. The van der Waals surface area contributed by atoms with E-state index in [-0.39, 0.29) is 0 Å². The molecule has 1 heterocycles. The van der Waals surface area contributed by atoms with Crippen LogP contribution in [0.15, 0.2) is 46.9 Å². The third kappa shape index (κ3) is 2.54. The number of benzene rings is 2. The molecular weight excluding hydrogens is 330 g/mol. The molecule has 106 valence electrons. The summed E-state index contributed by atoms with van der Waals surface area (Å²) in [5.41, 5.74) is 9.64. The molecule has 0 aliphatic heterocycles. The molecule has 6 heteroatoms. The topological polar surface area (TPSA) is 69.6 Å². The molecule has 1 aromatic heterocycles. The van der Waals surface area contributed by atoms with E-state index >= 15 is 0 Å². The van der Waals surface area contributed by atoms with E-state index in [9.17, 15) is 0 Å². The zero-order chi connectivity index (χ0) is 14.8. The number of nitrogens with two attached hydrogens (primary N) is 1. The first-order valence-electron chi connectivity index (χ1n) is 6.62. The van der Waals surface area contributed by atoms with Gasteiger partial charge in [-0.05, 0) is 52.7 Å². The summed E-state index contributed by atoms with van der Waals surface area (Å²) >= 11 is 3.49. The monoisotopic (exact) mass is 343 g/mol. The molecule has 0 unspecified atom stereocenters. The normalized spacial score (nSPS) is 10.8. The second-order valence-electron chi connectivity index (χ2n) is 4.63. The number of hydrogen-bond donors (Lipinski definition) is 1. The minimum absolute atomic E-state index is 0.644. The van der Waals surface area contributed by atoms with E-state index in [2.05, 4.69) is 44.4 Å². The second-order valence-corrected chi connectivity index (χ2v) is 5.54. The van der Waals surface area contributed by atoms with E-state index in [1.807, 2.05) is 36.4 Å². The molecule has 0 radical (unpaired) electrons. The number of nitrogen functional groups attached to an aromatic ring is 1. The van der Waals surface area contributed by atoms with Gasteiger partial charge in [0.25, 0.3) is 0 Å². The van der Waals surface area contributed by atoms with E-state index in [1.165, 1.54) is 0 Å². The fraction of sp³-hybridized carbons (Fsp3) is 0.133. The first kappa shape index (κ1) is 13.8. The number of rotatable bonds is 3. The maximum Gasteiger partial charge on any atom is 0.189 e. The summed E-state index contributed by atoms with van der Waals surface area (Å²) in [6.45, 7) is 2.10. The van der Waals surface area contributed by atoms with Gasteiger partial charge in [0.15, 0.2) is 5.82 Å². The summed E-state index contributed by atoms with van der Waals surface area (Å²) in [4.78, 5) is 0. The Hall–Kier alpha value is -2.21. The average Bonchev–Trinajstić information content (AvgIpc) is 2.96. The Bertz CT molecular complexity index is 781. The van der Waals surface area contributed by atoms with Crippen LogP contribution in [0.2, 0.25) is 0 Å². The Morgan fingerprint density at radius 1 is 1.19 bits per heavy atom. The number of tetrazole rings is 1. The Labute approximate surface area is 130 Å². The number of hydrogen-bond acceptors (Lipinski definition) is 4. The molecular formula is C15H14BrN5. The smallest absolute Gasteiger partial charge is 0.189 e. The van der Waals surface area contributed by atoms with Crippen molar-refractivity contribution in [1.29, 1.82) is 0 Å². The Morgan fingerprint density at radius 2 is 2.00 bits per heavy atom. The molecule has 2 aromatic carbocycles. The molecule has 21 heavy (non-hydrogen) atoms. The molecule has 0 aliphatic rings. The number of aromatic nitrogens is 4. The number of nitrogens with zero attached hydrogens (tertiary/aromatic N) is 4. The molecule has 3 aromatic rings. The van der Waals surface area contributed by atoms with Gasteiger partial charge in [0.05, 0.1) is 5.69 Å². The van der Waals surface area contributed by atoms with Crippen molar-refractivity contribution < 1.29 is 0 Å². The first-order chi connectivity index (χ1) is 10.2. The first-order valence-corrected chi connectivity index (χ1v) is 7.42. The molecule has 0 saturated heterocycles. The lowest BCUT2D eigenvalue weighted by Gasteiger charge is -2.11. The van der Waals surface area contributed by atoms with Crippen LogP contribution >= 0.6 is 15.9 Å². The summed E-state index contributed by atoms with van der Waals surface area (Å²) in [6, 6.07) is 13.6. The van der Waals surface area contributed by atoms with Gasteiger partial charge in [0.1, 0.15) is 0 Å².